The summed E-state index contributed by atoms with van der Waals surface area (Å²) in [5, 5.41) is 0. The molecule has 0 aromatic heterocycles. The first-order valence-electron chi connectivity index (χ1n) is 9.64. The summed E-state index contributed by atoms with van der Waals surface area (Å²) in [7, 11) is 0. The zero-order chi connectivity index (χ0) is 17.8. The molecule has 0 bridgehead atoms. The van der Waals surface area contributed by atoms with Crippen LogP contribution in [-0.4, -0.2) is 0 Å². The maximum atomic E-state index is 13.8. The third-order valence-electron chi connectivity index (χ3n) is 5.81. The molecule has 0 spiro atoms. The molecule has 0 heterocycles. The van der Waals surface area contributed by atoms with Gasteiger partial charge in [-0.15, -0.1) is 0 Å². The van der Waals surface area contributed by atoms with Gasteiger partial charge in [0.2, 0.25) is 0 Å². The van der Waals surface area contributed by atoms with Crippen LogP contribution in [0.4, 0.5) is 8.78 Å². The van der Waals surface area contributed by atoms with E-state index in [0.29, 0.717) is 11.5 Å². The Kier molecular flexibility index (Phi) is 5.88. The van der Waals surface area contributed by atoms with Crippen molar-refractivity contribution in [1.29, 1.82) is 0 Å². The Morgan fingerprint density at radius 2 is 1.48 bits per heavy atom. The Labute approximate surface area is 150 Å². The highest BCUT2D eigenvalue weighted by Gasteiger charge is 2.22. The van der Waals surface area contributed by atoms with Crippen LogP contribution in [0.5, 0.6) is 0 Å². The maximum absolute atomic E-state index is 13.8. The number of hydrogen-bond acceptors (Lipinski definition) is 0. The number of halogens is 2. The minimum absolute atomic E-state index is 0.0835. The van der Waals surface area contributed by atoms with E-state index in [2.05, 4.69) is 19.1 Å². The Hall–Kier alpha value is -1.70. The van der Waals surface area contributed by atoms with Crippen LogP contribution in [0.3, 0.4) is 0 Å². The van der Waals surface area contributed by atoms with Crippen LogP contribution in [0, 0.1) is 24.5 Å². The molecule has 1 aliphatic carbocycles. The van der Waals surface area contributed by atoms with Crippen molar-refractivity contribution in [3.8, 4) is 11.1 Å². The average Bonchev–Trinajstić information content (AvgIpc) is 2.64. The molecule has 134 valence electrons. The Morgan fingerprint density at radius 1 is 0.880 bits per heavy atom. The molecule has 0 aliphatic heterocycles. The molecular weight excluding hydrogens is 314 g/mol. The van der Waals surface area contributed by atoms with E-state index in [1.54, 1.807) is 0 Å². The first kappa shape index (κ1) is 18.1. The molecule has 0 nitrogen and oxygen atoms in total. The van der Waals surface area contributed by atoms with E-state index in [0.717, 1.165) is 11.5 Å². The summed E-state index contributed by atoms with van der Waals surface area (Å²) < 4.78 is 27.6. The second-order valence-corrected chi connectivity index (χ2v) is 7.55. The van der Waals surface area contributed by atoms with Crippen LogP contribution in [0.15, 0.2) is 36.4 Å². The van der Waals surface area contributed by atoms with Gasteiger partial charge in [-0.25, -0.2) is 8.78 Å². The van der Waals surface area contributed by atoms with E-state index in [9.17, 15) is 8.78 Å². The predicted molar refractivity (Wildman–Crippen MR) is 101 cm³/mol. The fraction of sp³-hybridized carbons (Fsp3) is 0.478. The van der Waals surface area contributed by atoms with Gasteiger partial charge in [-0.1, -0.05) is 50.5 Å². The van der Waals surface area contributed by atoms with Crippen LogP contribution < -0.4 is 0 Å². The lowest BCUT2D eigenvalue weighted by Gasteiger charge is -2.29. The van der Waals surface area contributed by atoms with Crippen molar-refractivity contribution in [3.05, 3.63) is 59.2 Å². The van der Waals surface area contributed by atoms with Gasteiger partial charge in [-0.05, 0) is 73.3 Å². The second-order valence-electron chi connectivity index (χ2n) is 7.55. The van der Waals surface area contributed by atoms with Crippen LogP contribution in [0.25, 0.3) is 11.1 Å². The predicted octanol–water partition coefficient (Wildman–Crippen LogP) is 7.40. The molecule has 1 aliphatic rings. The molecule has 1 fully saturated rings. The summed E-state index contributed by atoms with van der Waals surface area (Å²) in [4.78, 5) is 0. The zero-order valence-corrected chi connectivity index (χ0v) is 15.3. The van der Waals surface area contributed by atoms with Crippen molar-refractivity contribution in [2.75, 3.05) is 0 Å². The molecule has 2 aromatic rings. The molecule has 0 radical (unpaired) electrons. The number of benzene rings is 2. The summed E-state index contributed by atoms with van der Waals surface area (Å²) in [6.45, 7) is 3.73. The van der Waals surface area contributed by atoms with Crippen molar-refractivity contribution in [2.24, 2.45) is 5.92 Å². The first-order valence-corrected chi connectivity index (χ1v) is 9.64. The van der Waals surface area contributed by atoms with Gasteiger partial charge < -0.3 is 0 Å². The zero-order valence-electron chi connectivity index (χ0n) is 15.3. The summed E-state index contributed by atoms with van der Waals surface area (Å²) in [5.74, 6) is 0.585. The van der Waals surface area contributed by atoms with Gasteiger partial charge in [-0.3, -0.25) is 0 Å². The van der Waals surface area contributed by atoms with Crippen LogP contribution in [-0.2, 0) is 0 Å². The smallest absolute Gasteiger partial charge is 0.129 e. The van der Waals surface area contributed by atoms with Gasteiger partial charge in [0, 0.05) is 5.56 Å². The largest absolute Gasteiger partial charge is 0.207 e. The van der Waals surface area contributed by atoms with Gasteiger partial charge in [-0.2, -0.15) is 0 Å². The summed E-state index contributed by atoms with van der Waals surface area (Å²) >= 11 is 0. The summed E-state index contributed by atoms with van der Waals surface area (Å²) in [6, 6.07) is 11.1. The van der Waals surface area contributed by atoms with Crippen LogP contribution in [0.1, 0.15) is 68.9 Å². The fourth-order valence-corrected chi connectivity index (χ4v) is 4.04. The lowest BCUT2D eigenvalue weighted by molar-refractivity contribution is 0.304. The highest BCUT2D eigenvalue weighted by molar-refractivity contribution is 5.64. The molecule has 1 saturated carbocycles. The lowest BCUT2D eigenvalue weighted by Crippen LogP contribution is -2.13. The molecule has 0 saturated heterocycles. The molecule has 0 atom stereocenters. The topological polar surface area (TPSA) is 0 Å². The Bertz CT molecular complexity index is 672. The molecule has 3 rings (SSSR count). The summed E-state index contributed by atoms with van der Waals surface area (Å²) in [6.07, 6.45) is 9.23. The van der Waals surface area contributed by atoms with Crippen molar-refractivity contribution < 1.29 is 8.78 Å². The molecule has 25 heavy (non-hydrogen) atoms. The van der Waals surface area contributed by atoms with Crippen LogP contribution >= 0.6 is 0 Å². The molecule has 0 N–H and O–H groups in total. The van der Waals surface area contributed by atoms with E-state index in [1.807, 2.05) is 12.1 Å². The van der Waals surface area contributed by atoms with E-state index >= 15 is 0 Å². The van der Waals surface area contributed by atoms with E-state index < -0.39 is 11.6 Å². The van der Waals surface area contributed by atoms with Crippen molar-refractivity contribution in [3.63, 3.8) is 0 Å². The molecule has 2 heteroatoms. The third-order valence-corrected chi connectivity index (χ3v) is 5.81. The molecule has 0 amide bonds. The SMILES string of the molecule is CCCCC1CCC(c2ccc(-c3cc(F)c(C)c(F)c3)cc2)CC1. The fourth-order valence-electron chi connectivity index (χ4n) is 4.04. The number of rotatable bonds is 5. The van der Waals surface area contributed by atoms with E-state index in [-0.39, 0.29) is 5.56 Å². The second kappa shape index (κ2) is 8.12. The summed E-state index contributed by atoms with van der Waals surface area (Å²) in [5.41, 5.74) is 2.93. The monoisotopic (exact) mass is 342 g/mol. The molecular formula is C23H28F2. The Balaban J connectivity index is 1.67. The van der Waals surface area contributed by atoms with Crippen molar-refractivity contribution >= 4 is 0 Å². The molecule has 0 unspecified atom stereocenters. The van der Waals surface area contributed by atoms with Gasteiger partial charge in [0.1, 0.15) is 11.6 Å². The van der Waals surface area contributed by atoms with E-state index in [1.165, 1.54) is 69.6 Å². The first-order chi connectivity index (χ1) is 12.1. The van der Waals surface area contributed by atoms with Gasteiger partial charge in [0.15, 0.2) is 0 Å². The number of unbranched alkanes of at least 4 members (excludes halogenated alkanes) is 1. The van der Waals surface area contributed by atoms with Crippen LogP contribution in [0.2, 0.25) is 0 Å². The highest BCUT2D eigenvalue weighted by atomic mass is 19.1. The normalized spacial score (nSPS) is 20.6. The van der Waals surface area contributed by atoms with Gasteiger partial charge in [0.25, 0.3) is 0 Å². The van der Waals surface area contributed by atoms with Crippen molar-refractivity contribution in [2.45, 2.75) is 64.7 Å². The van der Waals surface area contributed by atoms with Crippen molar-refractivity contribution in [1.82, 2.24) is 0 Å². The lowest BCUT2D eigenvalue weighted by atomic mass is 9.77. The third kappa shape index (κ3) is 4.29. The highest BCUT2D eigenvalue weighted by Crippen LogP contribution is 2.38. The van der Waals surface area contributed by atoms with Gasteiger partial charge in [0.05, 0.1) is 0 Å². The minimum atomic E-state index is -0.482. The van der Waals surface area contributed by atoms with E-state index in [4.69, 9.17) is 0 Å². The Morgan fingerprint density at radius 3 is 2.04 bits per heavy atom. The standard InChI is InChI=1S/C23H28F2/c1-3-4-5-17-6-8-18(9-7-17)19-10-12-20(13-11-19)21-14-22(24)16(2)23(25)15-21/h10-15,17-18H,3-9H2,1-2H3. The number of hydrogen-bond donors (Lipinski definition) is 0. The average molecular weight is 342 g/mol. The quantitative estimate of drug-likeness (QED) is 0.531. The minimum Gasteiger partial charge on any atom is -0.207 e. The maximum Gasteiger partial charge on any atom is 0.129 e. The van der Waals surface area contributed by atoms with Gasteiger partial charge >= 0.3 is 0 Å². The molecule has 2 aromatic carbocycles.